The van der Waals surface area contributed by atoms with Crippen molar-refractivity contribution in [2.75, 3.05) is 31.1 Å². The van der Waals surface area contributed by atoms with Crippen molar-refractivity contribution in [2.24, 2.45) is 5.92 Å². The highest BCUT2D eigenvalue weighted by atomic mass is 32.1. The topological polar surface area (TPSA) is 70.2 Å². The van der Waals surface area contributed by atoms with Crippen LogP contribution in [0.15, 0.2) is 6.33 Å². The van der Waals surface area contributed by atoms with Crippen molar-refractivity contribution in [3.05, 3.63) is 16.8 Å². The van der Waals surface area contributed by atoms with E-state index in [9.17, 15) is 4.79 Å². The van der Waals surface area contributed by atoms with Crippen LogP contribution in [0.1, 0.15) is 37.1 Å². The summed E-state index contributed by atoms with van der Waals surface area (Å²) in [7, 11) is 0. The van der Waals surface area contributed by atoms with Gasteiger partial charge in [-0.25, -0.2) is 9.97 Å². The minimum absolute atomic E-state index is 0.0997. The zero-order valence-corrected chi connectivity index (χ0v) is 16.9. The molecular formula is C19H29N5OS. The number of piperidine rings is 1. The molecule has 0 radical (unpaired) electrons. The standard InChI is InChI=1S/C19H29N5OS/c1-5-20-12(2)10-21-18(25)15-6-8-24(9-7-15)17-16-13(3)14(4)26-19(16)23-11-22-17/h11-12,15,20H,5-10H2,1-4H3,(H,21,25)/t12-/m1/s1. The highest BCUT2D eigenvalue weighted by Gasteiger charge is 2.27. The average Bonchev–Trinajstić information content (AvgIpc) is 2.94. The third kappa shape index (κ3) is 3.99. The largest absolute Gasteiger partial charge is 0.356 e. The first-order valence-electron chi connectivity index (χ1n) is 9.48. The summed E-state index contributed by atoms with van der Waals surface area (Å²) in [4.78, 5) is 26.1. The van der Waals surface area contributed by atoms with Crippen LogP contribution in [0.25, 0.3) is 10.2 Å². The third-order valence-corrected chi connectivity index (χ3v) is 6.36. The van der Waals surface area contributed by atoms with Crippen molar-refractivity contribution in [3.63, 3.8) is 0 Å². The molecule has 0 bridgehead atoms. The predicted octanol–water partition coefficient (Wildman–Crippen LogP) is 2.64. The molecule has 0 aromatic carbocycles. The number of aryl methyl sites for hydroxylation is 2. The first-order valence-corrected chi connectivity index (χ1v) is 10.3. The summed E-state index contributed by atoms with van der Waals surface area (Å²) in [5, 5.41) is 7.59. The fourth-order valence-corrected chi connectivity index (χ4v) is 4.57. The molecular weight excluding hydrogens is 346 g/mol. The molecule has 6 nitrogen and oxygen atoms in total. The molecule has 3 rings (SSSR count). The quantitative estimate of drug-likeness (QED) is 0.812. The molecule has 1 atom stereocenters. The van der Waals surface area contributed by atoms with Gasteiger partial charge in [-0.1, -0.05) is 6.92 Å². The molecule has 0 spiro atoms. The maximum Gasteiger partial charge on any atom is 0.223 e. The zero-order chi connectivity index (χ0) is 18.7. The van der Waals surface area contributed by atoms with E-state index < -0.39 is 0 Å². The van der Waals surface area contributed by atoms with Crippen LogP contribution in [0.2, 0.25) is 0 Å². The minimum Gasteiger partial charge on any atom is -0.356 e. The fraction of sp³-hybridized carbons (Fsp3) is 0.632. The van der Waals surface area contributed by atoms with Crippen molar-refractivity contribution in [1.29, 1.82) is 0 Å². The Morgan fingerprint density at radius 1 is 1.35 bits per heavy atom. The number of fused-ring (bicyclic) bond motifs is 1. The van der Waals surface area contributed by atoms with Gasteiger partial charge in [0.1, 0.15) is 17.0 Å². The Balaban J connectivity index is 1.61. The van der Waals surface area contributed by atoms with Gasteiger partial charge in [-0.05, 0) is 45.7 Å². The third-order valence-electron chi connectivity index (χ3n) is 5.25. The lowest BCUT2D eigenvalue weighted by molar-refractivity contribution is -0.125. The molecule has 2 aromatic heterocycles. The highest BCUT2D eigenvalue weighted by Crippen LogP contribution is 2.35. The van der Waals surface area contributed by atoms with Gasteiger partial charge in [-0.2, -0.15) is 0 Å². The van der Waals surface area contributed by atoms with Gasteiger partial charge in [-0.15, -0.1) is 11.3 Å². The molecule has 7 heteroatoms. The number of aromatic nitrogens is 2. The number of anilines is 1. The molecule has 26 heavy (non-hydrogen) atoms. The summed E-state index contributed by atoms with van der Waals surface area (Å²) < 4.78 is 0. The van der Waals surface area contributed by atoms with Crippen LogP contribution >= 0.6 is 11.3 Å². The van der Waals surface area contributed by atoms with Gasteiger partial charge < -0.3 is 15.5 Å². The molecule has 1 saturated heterocycles. The lowest BCUT2D eigenvalue weighted by atomic mass is 9.95. The number of hydrogen-bond donors (Lipinski definition) is 2. The van der Waals surface area contributed by atoms with Gasteiger partial charge in [0.2, 0.25) is 5.91 Å². The van der Waals surface area contributed by atoms with E-state index in [0.29, 0.717) is 12.6 Å². The number of nitrogens with one attached hydrogen (secondary N) is 2. The first kappa shape index (κ1) is 19.0. The number of carbonyl (C=O) groups excluding carboxylic acids is 1. The maximum absolute atomic E-state index is 12.4. The average molecular weight is 376 g/mol. The number of amides is 1. The number of rotatable bonds is 6. The minimum atomic E-state index is 0.0997. The number of thiophene rings is 1. The highest BCUT2D eigenvalue weighted by molar-refractivity contribution is 7.18. The van der Waals surface area contributed by atoms with Crippen molar-refractivity contribution < 1.29 is 4.79 Å². The summed E-state index contributed by atoms with van der Waals surface area (Å²) >= 11 is 1.73. The fourth-order valence-electron chi connectivity index (χ4n) is 3.58. The van der Waals surface area contributed by atoms with E-state index in [4.69, 9.17) is 0 Å². The molecule has 1 aliphatic rings. The van der Waals surface area contributed by atoms with Crippen LogP contribution in [0.5, 0.6) is 0 Å². The van der Waals surface area contributed by atoms with Gasteiger partial charge in [0.05, 0.1) is 5.39 Å². The molecule has 0 saturated carbocycles. The van der Waals surface area contributed by atoms with E-state index in [-0.39, 0.29) is 11.8 Å². The van der Waals surface area contributed by atoms with Crippen LogP contribution in [0, 0.1) is 19.8 Å². The van der Waals surface area contributed by atoms with Gasteiger partial charge in [0.15, 0.2) is 0 Å². The van der Waals surface area contributed by atoms with E-state index in [1.165, 1.54) is 15.8 Å². The summed E-state index contributed by atoms with van der Waals surface area (Å²) in [5.41, 5.74) is 1.28. The van der Waals surface area contributed by atoms with Crippen LogP contribution in [-0.2, 0) is 4.79 Å². The maximum atomic E-state index is 12.4. The Kier molecular flexibility index (Phi) is 6.09. The van der Waals surface area contributed by atoms with Crippen LogP contribution in [0.4, 0.5) is 5.82 Å². The number of nitrogens with zero attached hydrogens (tertiary/aromatic N) is 3. The van der Waals surface area contributed by atoms with E-state index >= 15 is 0 Å². The number of carbonyl (C=O) groups is 1. The normalized spacial score (nSPS) is 16.8. The van der Waals surface area contributed by atoms with Gasteiger partial charge in [-0.3, -0.25) is 4.79 Å². The molecule has 0 aliphatic carbocycles. The van der Waals surface area contributed by atoms with Gasteiger partial charge >= 0.3 is 0 Å². The van der Waals surface area contributed by atoms with Crippen molar-refractivity contribution in [3.8, 4) is 0 Å². The van der Waals surface area contributed by atoms with E-state index in [1.54, 1.807) is 17.7 Å². The summed E-state index contributed by atoms with van der Waals surface area (Å²) in [6.45, 7) is 11.8. The summed E-state index contributed by atoms with van der Waals surface area (Å²) in [6, 6.07) is 0.308. The van der Waals surface area contributed by atoms with Crippen molar-refractivity contribution >= 4 is 33.3 Å². The van der Waals surface area contributed by atoms with Crippen LogP contribution in [-0.4, -0.2) is 48.1 Å². The molecule has 2 N–H and O–H groups in total. The smallest absolute Gasteiger partial charge is 0.223 e. The predicted molar refractivity (Wildman–Crippen MR) is 108 cm³/mol. The number of hydrogen-bond acceptors (Lipinski definition) is 6. The monoisotopic (exact) mass is 375 g/mol. The Bertz CT molecular complexity index is 767. The second kappa shape index (κ2) is 8.31. The molecule has 2 aromatic rings. The van der Waals surface area contributed by atoms with Gasteiger partial charge in [0, 0.05) is 36.5 Å². The summed E-state index contributed by atoms with van der Waals surface area (Å²) in [6.07, 6.45) is 3.40. The Hall–Kier alpha value is -1.73. The van der Waals surface area contributed by atoms with E-state index in [0.717, 1.165) is 43.1 Å². The van der Waals surface area contributed by atoms with Gasteiger partial charge in [0.25, 0.3) is 0 Å². The molecule has 1 fully saturated rings. The molecule has 1 amide bonds. The Labute approximate surface area is 159 Å². The van der Waals surface area contributed by atoms with E-state index in [1.807, 2.05) is 0 Å². The molecule has 3 heterocycles. The lowest BCUT2D eigenvalue weighted by Crippen LogP contribution is -2.44. The van der Waals surface area contributed by atoms with Crippen molar-refractivity contribution in [1.82, 2.24) is 20.6 Å². The van der Waals surface area contributed by atoms with E-state index in [2.05, 4.69) is 53.2 Å². The van der Waals surface area contributed by atoms with Crippen LogP contribution in [0.3, 0.4) is 0 Å². The lowest BCUT2D eigenvalue weighted by Gasteiger charge is -2.32. The molecule has 0 unspecified atom stereocenters. The Morgan fingerprint density at radius 2 is 2.08 bits per heavy atom. The second-order valence-corrected chi connectivity index (χ2v) is 8.33. The number of likely N-dealkylation sites (N-methyl/N-ethyl adjacent to an activating group) is 1. The van der Waals surface area contributed by atoms with Crippen LogP contribution < -0.4 is 15.5 Å². The van der Waals surface area contributed by atoms with Crippen molar-refractivity contribution in [2.45, 2.75) is 46.6 Å². The Morgan fingerprint density at radius 3 is 2.77 bits per heavy atom. The zero-order valence-electron chi connectivity index (χ0n) is 16.1. The molecule has 142 valence electrons. The summed E-state index contributed by atoms with van der Waals surface area (Å²) in [5.74, 6) is 1.31. The first-order chi connectivity index (χ1) is 12.5. The second-order valence-electron chi connectivity index (χ2n) is 7.13. The SMILES string of the molecule is CCN[C@H](C)CNC(=O)C1CCN(c2ncnc3sc(C)c(C)c23)CC1. The molecule has 1 aliphatic heterocycles.